The van der Waals surface area contributed by atoms with Gasteiger partial charge in [0.15, 0.2) is 0 Å². The molecule has 0 aliphatic carbocycles. The van der Waals surface area contributed by atoms with Gasteiger partial charge in [-0.3, -0.25) is 10.1 Å². The zero-order valence-electron chi connectivity index (χ0n) is 9.32. The smallest absolute Gasteiger partial charge is 0.338 e. The number of methoxy groups -OCH3 is 1. The first-order valence-corrected chi connectivity index (χ1v) is 4.73. The summed E-state index contributed by atoms with van der Waals surface area (Å²) in [5, 5.41) is 19.3. The minimum Gasteiger partial charge on any atom is -0.478 e. The lowest BCUT2D eigenvalue weighted by Crippen LogP contribution is -2.03. The molecule has 1 aromatic carbocycles. The highest BCUT2D eigenvalue weighted by Crippen LogP contribution is 2.22. The van der Waals surface area contributed by atoms with Gasteiger partial charge >= 0.3 is 11.9 Å². The van der Waals surface area contributed by atoms with Gasteiger partial charge in [-0.25, -0.2) is 9.59 Å². The van der Waals surface area contributed by atoms with E-state index in [2.05, 4.69) is 4.74 Å². The van der Waals surface area contributed by atoms with Crippen LogP contribution < -0.4 is 0 Å². The van der Waals surface area contributed by atoms with Gasteiger partial charge in [-0.2, -0.15) is 0 Å². The van der Waals surface area contributed by atoms with E-state index in [1.807, 2.05) is 0 Å². The molecule has 1 aromatic rings. The Bertz CT molecular complexity index is 534. The predicted octanol–water partition coefficient (Wildman–Crippen LogP) is 1.48. The van der Waals surface area contributed by atoms with Crippen molar-refractivity contribution < 1.29 is 24.4 Å². The first-order chi connectivity index (χ1) is 8.45. The Labute approximate surface area is 101 Å². The van der Waals surface area contributed by atoms with Crippen molar-refractivity contribution in [3.8, 4) is 0 Å². The Hall–Kier alpha value is -2.70. The van der Waals surface area contributed by atoms with Gasteiger partial charge in [-0.05, 0) is 18.2 Å². The van der Waals surface area contributed by atoms with E-state index in [1.165, 1.54) is 12.1 Å². The van der Waals surface area contributed by atoms with Gasteiger partial charge in [-0.15, -0.1) is 0 Å². The molecular weight excluding hydrogens is 242 g/mol. The number of nitrogens with zero attached hydrogens (tertiary/aromatic N) is 1. The van der Waals surface area contributed by atoms with Crippen LogP contribution in [0.2, 0.25) is 0 Å². The molecule has 0 bridgehead atoms. The number of ether oxygens (including phenoxy) is 1. The minimum absolute atomic E-state index is 0.0247. The van der Waals surface area contributed by atoms with E-state index < -0.39 is 16.9 Å². The van der Waals surface area contributed by atoms with Crippen LogP contribution in [0.5, 0.6) is 0 Å². The number of hydrogen-bond donors (Lipinski definition) is 1. The second-order valence-corrected chi connectivity index (χ2v) is 3.19. The van der Waals surface area contributed by atoms with Crippen molar-refractivity contribution in [2.75, 3.05) is 7.11 Å². The van der Waals surface area contributed by atoms with Crippen LogP contribution in [0.4, 0.5) is 5.69 Å². The van der Waals surface area contributed by atoms with Crippen LogP contribution in [0.15, 0.2) is 24.3 Å². The van der Waals surface area contributed by atoms with Crippen molar-refractivity contribution in [3.05, 3.63) is 45.5 Å². The molecule has 0 aromatic heterocycles. The van der Waals surface area contributed by atoms with E-state index in [4.69, 9.17) is 5.11 Å². The second-order valence-electron chi connectivity index (χ2n) is 3.19. The molecule has 0 heterocycles. The Morgan fingerprint density at radius 2 is 2.11 bits per heavy atom. The summed E-state index contributed by atoms with van der Waals surface area (Å²) >= 11 is 0. The number of carboxylic acids is 1. The Kier molecular flexibility index (Phi) is 4.14. The molecular formula is C11H9NO6. The number of esters is 1. The SMILES string of the molecule is COC(=O)c1ccc(/C=C/C(=O)O)c([N+](=O)[O-])c1. The van der Waals surface area contributed by atoms with E-state index in [-0.39, 0.29) is 16.8 Å². The summed E-state index contributed by atoms with van der Waals surface area (Å²) in [6.45, 7) is 0. The third kappa shape index (κ3) is 3.14. The van der Waals surface area contributed by atoms with Gasteiger partial charge < -0.3 is 9.84 Å². The third-order valence-corrected chi connectivity index (χ3v) is 2.05. The van der Waals surface area contributed by atoms with Crippen molar-refractivity contribution in [2.24, 2.45) is 0 Å². The van der Waals surface area contributed by atoms with Gasteiger partial charge in [0, 0.05) is 12.1 Å². The third-order valence-electron chi connectivity index (χ3n) is 2.05. The quantitative estimate of drug-likeness (QED) is 0.376. The molecule has 0 saturated carbocycles. The second kappa shape index (κ2) is 5.58. The molecule has 0 aliphatic heterocycles. The topological polar surface area (TPSA) is 107 Å². The summed E-state index contributed by atoms with van der Waals surface area (Å²) in [5.74, 6) is -1.92. The number of carboxylic acid groups (broad SMARTS) is 1. The fourth-order valence-corrected chi connectivity index (χ4v) is 1.25. The molecule has 7 nitrogen and oxygen atoms in total. The minimum atomic E-state index is -1.22. The fourth-order valence-electron chi connectivity index (χ4n) is 1.25. The largest absolute Gasteiger partial charge is 0.478 e. The number of carbonyl (C=O) groups is 2. The highest BCUT2D eigenvalue weighted by atomic mass is 16.6. The lowest BCUT2D eigenvalue weighted by molar-refractivity contribution is -0.385. The molecule has 0 aliphatic rings. The summed E-state index contributed by atoms with van der Waals surface area (Å²) in [7, 11) is 1.16. The van der Waals surface area contributed by atoms with E-state index in [9.17, 15) is 19.7 Å². The van der Waals surface area contributed by atoms with E-state index >= 15 is 0 Å². The zero-order valence-corrected chi connectivity index (χ0v) is 9.32. The molecule has 1 N–H and O–H groups in total. The van der Waals surface area contributed by atoms with E-state index in [1.54, 1.807) is 0 Å². The van der Waals surface area contributed by atoms with Gasteiger partial charge in [0.25, 0.3) is 5.69 Å². The maximum atomic E-state index is 11.2. The zero-order chi connectivity index (χ0) is 13.7. The van der Waals surface area contributed by atoms with Crippen molar-refractivity contribution in [1.82, 2.24) is 0 Å². The average Bonchev–Trinajstić information content (AvgIpc) is 2.34. The lowest BCUT2D eigenvalue weighted by Gasteiger charge is -2.01. The van der Waals surface area contributed by atoms with Crippen molar-refractivity contribution in [3.63, 3.8) is 0 Å². The summed E-state index contributed by atoms with van der Waals surface area (Å²) in [4.78, 5) is 31.7. The number of rotatable bonds is 4. The summed E-state index contributed by atoms with van der Waals surface area (Å²) in [5.41, 5.74) is -0.248. The number of nitro groups is 1. The normalized spacial score (nSPS) is 10.3. The first-order valence-electron chi connectivity index (χ1n) is 4.73. The van der Waals surface area contributed by atoms with Crippen LogP contribution in [0.25, 0.3) is 6.08 Å². The average molecular weight is 251 g/mol. The molecule has 0 spiro atoms. The molecule has 7 heteroatoms. The van der Waals surface area contributed by atoms with Crippen LogP contribution in [0.1, 0.15) is 15.9 Å². The Morgan fingerprint density at radius 3 is 2.61 bits per heavy atom. The molecule has 0 fully saturated rings. The number of nitro benzene ring substituents is 1. The van der Waals surface area contributed by atoms with Crippen molar-refractivity contribution in [1.29, 1.82) is 0 Å². The number of benzene rings is 1. The lowest BCUT2D eigenvalue weighted by atomic mass is 10.1. The Balaban J connectivity index is 3.25. The van der Waals surface area contributed by atoms with E-state index in [0.717, 1.165) is 25.3 Å². The molecule has 0 amide bonds. The molecule has 0 radical (unpaired) electrons. The summed E-state index contributed by atoms with van der Waals surface area (Å²) in [6.07, 6.45) is 1.86. The van der Waals surface area contributed by atoms with Crippen LogP contribution in [0, 0.1) is 10.1 Å². The molecule has 0 atom stereocenters. The predicted molar refractivity (Wildman–Crippen MR) is 61.1 cm³/mol. The van der Waals surface area contributed by atoms with Gasteiger partial charge in [0.1, 0.15) is 0 Å². The van der Waals surface area contributed by atoms with Gasteiger partial charge in [-0.1, -0.05) is 0 Å². The summed E-state index contributed by atoms with van der Waals surface area (Å²) < 4.78 is 4.44. The number of hydrogen-bond acceptors (Lipinski definition) is 5. The van der Waals surface area contributed by atoms with Gasteiger partial charge in [0.05, 0.1) is 23.2 Å². The van der Waals surface area contributed by atoms with Crippen LogP contribution in [0.3, 0.4) is 0 Å². The highest BCUT2D eigenvalue weighted by molar-refractivity contribution is 5.91. The van der Waals surface area contributed by atoms with Crippen LogP contribution in [-0.4, -0.2) is 29.1 Å². The monoisotopic (exact) mass is 251 g/mol. The molecule has 18 heavy (non-hydrogen) atoms. The van der Waals surface area contributed by atoms with Crippen LogP contribution >= 0.6 is 0 Å². The Morgan fingerprint density at radius 1 is 1.44 bits per heavy atom. The molecule has 94 valence electrons. The molecule has 1 rings (SSSR count). The maximum Gasteiger partial charge on any atom is 0.338 e. The highest BCUT2D eigenvalue weighted by Gasteiger charge is 2.16. The fraction of sp³-hybridized carbons (Fsp3) is 0.0909. The first kappa shape index (κ1) is 13.4. The van der Waals surface area contributed by atoms with Crippen molar-refractivity contribution in [2.45, 2.75) is 0 Å². The maximum absolute atomic E-state index is 11.2. The standard InChI is InChI=1S/C11H9NO6/c1-18-11(15)8-3-2-7(4-5-10(13)14)9(6-8)12(16)17/h2-6H,1H3,(H,13,14)/b5-4+. The van der Waals surface area contributed by atoms with E-state index in [0.29, 0.717) is 0 Å². The van der Waals surface area contributed by atoms with Crippen LogP contribution in [-0.2, 0) is 9.53 Å². The van der Waals surface area contributed by atoms with Gasteiger partial charge in [0.2, 0.25) is 0 Å². The number of carbonyl (C=O) groups excluding carboxylic acids is 1. The van der Waals surface area contributed by atoms with Crippen molar-refractivity contribution >= 4 is 23.7 Å². The molecule has 0 saturated heterocycles. The summed E-state index contributed by atoms with van der Waals surface area (Å²) in [6, 6.07) is 3.64. The molecule has 0 unspecified atom stereocenters. The number of aliphatic carboxylic acids is 1.